The molecule has 2 saturated carbocycles. The van der Waals surface area contributed by atoms with E-state index in [1.165, 1.54) is 4.90 Å². The van der Waals surface area contributed by atoms with Crippen LogP contribution in [0.2, 0.25) is 0 Å². The summed E-state index contributed by atoms with van der Waals surface area (Å²) in [6.07, 6.45) is 5.95. The highest BCUT2D eigenvalue weighted by atomic mass is 16.2. The van der Waals surface area contributed by atoms with Gasteiger partial charge in [0.25, 0.3) is 5.91 Å². The lowest BCUT2D eigenvalue weighted by Gasteiger charge is -2.19. The minimum Gasteiger partial charge on any atom is -0.354 e. The molecule has 0 aromatic carbocycles. The van der Waals surface area contributed by atoms with E-state index in [9.17, 15) is 19.2 Å². The molecule has 0 radical (unpaired) electrons. The van der Waals surface area contributed by atoms with Crippen molar-refractivity contribution in [2.45, 2.75) is 56.9 Å². The standard InChI is InChI=1S/C17H26N4O4/c22-13(18-9-10-19-14(23)12-5-6-12)4-3-11-21-15(24)17(20-16(21)25)7-1-2-8-17/h12H,1-11H2,(H,18,22)(H,19,23)(H,20,25). The second kappa shape index (κ2) is 7.41. The summed E-state index contributed by atoms with van der Waals surface area (Å²) < 4.78 is 0. The number of hydrogen-bond donors (Lipinski definition) is 3. The average molecular weight is 350 g/mol. The first-order valence-corrected chi connectivity index (χ1v) is 9.20. The normalized spacial score (nSPS) is 21.5. The molecule has 8 heteroatoms. The van der Waals surface area contributed by atoms with Crippen LogP contribution in [0.3, 0.4) is 0 Å². The van der Waals surface area contributed by atoms with Gasteiger partial charge in [-0.1, -0.05) is 12.8 Å². The maximum Gasteiger partial charge on any atom is 0.325 e. The summed E-state index contributed by atoms with van der Waals surface area (Å²) in [5.41, 5.74) is -0.681. The lowest BCUT2D eigenvalue weighted by Crippen LogP contribution is -2.44. The van der Waals surface area contributed by atoms with Crippen LogP contribution < -0.4 is 16.0 Å². The van der Waals surface area contributed by atoms with Crippen molar-refractivity contribution in [2.24, 2.45) is 5.92 Å². The van der Waals surface area contributed by atoms with E-state index in [1.54, 1.807) is 0 Å². The van der Waals surface area contributed by atoms with E-state index in [2.05, 4.69) is 16.0 Å². The Morgan fingerprint density at radius 1 is 1.12 bits per heavy atom. The molecule has 1 saturated heterocycles. The number of nitrogens with one attached hydrogen (secondary N) is 3. The zero-order valence-electron chi connectivity index (χ0n) is 14.4. The second-order valence-corrected chi connectivity index (χ2v) is 7.19. The maximum atomic E-state index is 12.5. The lowest BCUT2D eigenvalue weighted by atomic mass is 9.98. The molecular weight excluding hydrogens is 324 g/mol. The molecule has 0 aromatic heterocycles. The van der Waals surface area contributed by atoms with Gasteiger partial charge < -0.3 is 16.0 Å². The quantitative estimate of drug-likeness (QED) is 0.431. The van der Waals surface area contributed by atoms with Crippen molar-refractivity contribution >= 4 is 23.8 Å². The number of carbonyl (C=O) groups is 4. The molecule has 1 aliphatic heterocycles. The third-order valence-corrected chi connectivity index (χ3v) is 5.18. The van der Waals surface area contributed by atoms with Gasteiger partial charge in [-0.25, -0.2) is 4.79 Å². The highest BCUT2D eigenvalue weighted by Crippen LogP contribution is 2.35. The molecule has 25 heavy (non-hydrogen) atoms. The van der Waals surface area contributed by atoms with E-state index in [0.717, 1.165) is 25.7 Å². The van der Waals surface area contributed by atoms with E-state index >= 15 is 0 Å². The van der Waals surface area contributed by atoms with Crippen LogP contribution in [0.1, 0.15) is 51.4 Å². The van der Waals surface area contributed by atoms with Gasteiger partial charge in [-0.2, -0.15) is 0 Å². The number of imide groups is 1. The van der Waals surface area contributed by atoms with E-state index in [4.69, 9.17) is 0 Å². The molecule has 3 aliphatic rings. The number of nitrogens with zero attached hydrogens (tertiary/aromatic N) is 1. The first-order chi connectivity index (χ1) is 12.0. The van der Waals surface area contributed by atoms with Crippen molar-refractivity contribution in [1.29, 1.82) is 0 Å². The number of urea groups is 1. The van der Waals surface area contributed by atoms with E-state index in [1.807, 2.05) is 0 Å². The molecular formula is C17H26N4O4. The predicted molar refractivity (Wildman–Crippen MR) is 89.4 cm³/mol. The van der Waals surface area contributed by atoms with Gasteiger partial charge >= 0.3 is 6.03 Å². The van der Waals surface area contributed by atoms with E-state index < -0.39 is 5.54 Å². The van der Waals surface area contributed by atoms with Crippen molar-refractivity contribution in [3.05, 3.63) is 0 Å². The Kier molecular flexibility index (Phi) is 5.24. The summed E-state index contributed by atoms with van der Waals surface area (Å²) in [7, 11) is 0. The van der Waals surface area contributed by atoms with Crippen LogP contribution in [-0.4, -0.2) is 53.8 Å². The Morgan fingerprint density at radius 3 is 2.48 bits per heavy atom. The molecule has 0 atom stereocenters. The van der Waals surface area contributed by atoms with Crippen LogP contribution in [0.4, 0.5) is 4.79 Å². The van der Waals surface area contributed by atoms with E-state index in [-0.39, 0.29) is 42.6 Å². The van der Waals surface area contributed by atoms with Crippen LogP contribution in [-0.2, 0) is 14.4 Å². The van der Waals surface area contributed by atoms with Crippen LogP contribution in [0.15, 0.2) is 0 Å². The second-order valence-electron chi connectivity index (χ2n) is 7.19. The molecule has 5 amide bonds. The third-order valence-electron chi connectivity index (χ3n) is 5.18. The van der Waals surface area contributed by atoms with Gasteiger partial charge in [0, 0.05) is 32.0 Å². The van der Waals surface area contributed by atoms with Crippen molar-refractivity contribution in [3.8, 4) is 0 Å². The zero-order chi connectivity index (χ0) is 17.9. The van der Waals surface area contributed by atoms with Gasteiger partial charge in [0.1, 0.15) is 5.54 Å². The van der Waals surface area contributed by atoms with Crippen molar-refractivity contribution < 1.29 is 19.2 Å². The van der Waals surface area contributed by atoms with Gasteiger partial charge in [0.05, 0.1) is 0 Å². The van der Waals surface area contributed by atoms with Gasteiger partial charge in [-0.15, -0.1) is 0 Å². The molecule has 0 aromatic rings. The summed E-state index contributed by atoms with van der Waals surface area (Å²) in [5, 5.41) is 8.35. The Labute approximate surface area is 147 Å². The minimum atomic E-state index is -0.681. The molecule has 1 spiro atoms. The van der Waals surface area contributed by atoms with Crippen LogP contribution in [0.25, 0.3) is 0 Å². The minimum absolute atomic E-state index is 0.0636. The molecule has 2 aliphatic carbocycles. The van der Waals surface area contributed by atoms with Gasteiger partial charge in [0.15, 0.2) is 0 Å². The van der Waals surface area contributed by atoms with Crippen molar-refractivity contribution in [3.63, 3.8) is 0 Å². The van der Waals surface area contributed by atoms with Crippen molar-refractivity contribution in [1.82, 2.24) is 20.9 Å². The molecule has 8 nitrogen and oxygen atoms in total. The van der Waals surface area contributed by atoms with Crippen LogP contribution >= 0.6 is 0 Å². The highest BCUT2D eigenvalue weighted by molar-refractivity contribution is 6.07. The summed E-state index contributed by atoms with van der Waals surface area (Å²) in [5.74, 6) is -0.0434. The molecule has 0 bridgehead atoms. The van der Waals surface area contributed by atoms with E-state index in [0.29, 0.717) is 32.4 Å². The molecule has 3 fully saturated rings. The van der Waals surface area contributed by atoms with Gasteiger partial charge in [0.2, 0.25) is 11.8 Å². The summed E-state index contributed by atoms with van der Waals surface area (Å²) >= 11 is 0. The molecule has 1 heterocycles. The molecule has 0 unspecified atom stereocenters. The summed E-state index contributed by atoms with van der Waals surface area (Å²) in [6.45, 7) is 1.08. The fourth-order valence-electron chi connectivity index (χ4n) is 3.56. The number of carbonyl (C=O) groups excluding carboxylic acids is 4. The number of hydrogen-bond acceptors (Lipinski definition) is 4. The number of amides is 5. The Balaban J connectivity index is 1.31. The largest absolute Gasteiger partial charge is 0.354 e. The zero-order valence-corrected chi connectivity index (χ0v) is 14.4. The SMILES string of the molecule is O=C(CCCN1C(=O)NC2(CCCC2)C1=O)NCCNC(=O)C1CC1. The fraction of sp³-hybridized carbons (Fsp3) is 0.765. The first-order valence-electron chi connectivity index (χ1n) is 9.20. The molecule has 3 N–H and O–H groups in total. The lowest BCUT2D eigenvalue weighted by molar-refractivity contribution is -0.131. The first kappa shape index (κ1) is 17.7. The Bertz CT molecular complexity index is 567. The predicted octanol–water partition coefficient (Wildman–Crippen LogP) is 0.274. The van der Waals surface area contributed by atoms with Crippen molar-refractivity contribution in [2.75, 3.05) is 19.6 Å². The smallest absolute Gasteiger partial charge is 0.325 e. The van der Waals surface area contributed by atoms with Gasteiger partial charge in [-0.3, -0.25) is 19.3 Å². The topological polar surface area (TPSA) is 108 Å². The fourth-order valence-corrected chi connectivity index (χ4v) is 3.56. The highest BCUT2D eigenvalue weighted by Gasteiger charge is 2.51. The van der Waals surface area contributed by atoms with Crippen LogP contribution in [0, 0.1) is 5.92 Å². The number of rotatable bonds is 8. The van der Waals surface area contributed by atoms with Crippen LogP contribution in [0.5, 0.6) is 0 Å². The monoisotopic (exact) mass is 350 g/mol. The third kappa shape index (κ3) is 4.11. The average Bonchev–Trinajstić information content (AvgIpc) is 3.29. The Hall–Kier alpha value is -2.12. The summed E-state index contributed by atoms with van der Waals surface area (Å²) in [6, 6.07) is -0.338. The molecule has 138 valence electrons. The summed E-state index contributed by atoms with van der Waals surface area (Å²) in [4.78, 5) is 48.9. The molecule has 3 rings (SSSR count). The Morgan fingerprint density at radius 2 is 1.80 bits per heavy atom. The van der Waals surface area contributed by atoms with Gasteiger partial charge in [-0.05, 0) is 32.1 Å². The maximum absolute atomic E-state index is 12.5.